The highest BCUT2D eigenvalue weighted by Gasteiger charge is 2.37. The number of hydrogen-bond donors (Lipinski definition) is 2. The molecule has 0 saturated carbocycles. The standard InChI is InChI=1S/C25H31N3O3/c1-15(2)25(31,23-12-26-14-27-23)19-8-10-20-18(11-19)7-9-21(22(20)13-29)24(30)28(16(3)4)17(5)6/h7-17,31H,1-6H3,(H,26,27). The number of carbonyl (C=O) groups is 2. The van der Waals surface area contributed by atoms with Gasteiger partial charge in [-0.15, -0.1) is 0 Å². The van der Waals surface area contributed by atoms with Gasteiger partial charge in [0, 0.05) is 17.6 Å². The summed E-state index contributed by atoms with van der Waals surface area (Å²) in [5.74, 6) is -0.281. The van der Waals surface area contributed by atoms with Gasteiger partial charge in [-0.25, -0.2) is 4.98 Å². The highest BCUT2D eigenvalue weighted by atomic mass is 16.3. The minimum absolute atomic E-state index is 0.0144. The number of carbonyl (C=O) groups excluding carboxylic acids is 2. The minimum Gasteiger partial charge on any atom is -0.379 e. The number of imidazole rings is 1. The number of hydrogen-bond acceptors (Lipinski definition) is 4. The normalized spacial score (nSPS) is 13.7. The molecule has 0 aliphatic rings. The number of nitrogens with one attached hydrogen (secondary N) is 1. The van der Waals surface area contributed by atoms with Crippen molar-refractivity contribution in [3.63, 3.8) is 0 Å². The molecule has 1 aromatic heterocycles. The molecular formula is C25H31N3O3. The lowest BCUT2D eigenvalue weighted by molar-refractivity contribution is 0.0280. The molecule has 3 aromatic rings. The molecule has 6 nitrogen and oxygen atoms in total. The van der Waals surface area contributed by atoms with Crippen molar-refractivity contribution in [3.05, 3.63) is 65.2 Å². The summed E-state index contributed by atoms with van der Waals surface area (Å²) in [7, 11) is 0. The molecule has 1 heterocycles. The molecule has 0 radical (unpaired) electrons. The molecule has 2 N–H and O–H groups in total. The SMILES string of the molecule is CC(C)N(C(=O)c1ccc2cc(C(O)(c3cnc[nH]3)C(C)C)ccc2c1C=O)C(C)C. The van der Waals surface area contributed by atoms with Gasteiger partial charge >= 0.3 is 0 Å². The van der Waals surface area contributed by atoms with Gasteiger partial charge in [-0.2, -0.15) is 0 Å². The topological polar surface area (TPSA) is 86.3 Å². The van der Waals surface area contributed by atoms with Gasteiger partial charge in [-0.05, 0) is 62.1 Å². The van der Waals surface area contributed by atoms with E-state index in [-0.39, 0.29) is 23.9 Å². The Kier molecular flexibility index (Phi) is 6.32. The number of rotatable bonds is 7. The van der Waals surface area contributed by atoms with Crippen LogP contribution in [0.1, 0.15) is 73.5 Å². The van der Waals surface area contributed by atoms with Gasteiger partial charge in [0.15, 0.2) is 6.29 Å². The highest BCUT2D eigenvalue weighted by Crippen LogP contribution is 2.37. The fraction of sp³-hybridized carbons (Fsp3) is 0.400. The van der Waals surface area contributed by atoms with Gasteiger partial charge in [-0.1, -0.05) is 32.0 Å². The number of aliphatic hydroxyl groups is 1. The van der Waals surface area contributed by atoms with Crippen LogP contribution in [0.2, 0.25) is 0 Å². The van der Waals surface area contributed by atoms with Crippen molar-refractivity contribution in [1.82, 2.24) is 14.9 Å². The Morgan fingerprint density at radius 1 is 1.10 bits per heavy atom. The Balaban J connectivity index is 2.16. The third kappa shape index (κ3) is 3.88. The van der Waals surface area contributed by atoms with E-state index < -0.39 is 5.60 Å². The predicted molar refractivity (Wildman–Crippen MR) is 122 cm³/mol. The molecule has 0 bridgehead atoms. The second kappa shape index (κ2) is 8.63. The van der Waals surface area contributed by atoms with E-state index in [0.29, 0.717) is 27.8 Å². The molecule has 0 saturated heterocycles. The van der Waals surface area contributed by atoms with Crippen LogP contribution in [0, 0.1) is 5.92 Å². The van der Waals surface area contributed by atoms with Crippen molar-refractivity contribution in [1.29, 1.82) is 0 Å². The molecule has 1 amide bonds. The third-order valence-corrected chi connectivity index (χ3v) is 5.94. The summed E-state index contributed by atoms with van der Waals surface area (Å²) in [4.78, 5) is 34.1. The maximum atomic E-state index is 13.2. The highest BCUT2D eigenvalue weighted by molar-refractivity contribution is 6.10. The van der Waals surface area contributed by atoms with E-state index in [1.54, 1.807) is 23.5 Å². The number of fused-ring (bicyclic) bond motifs is 1. The van der Waals surface area contributed by atoms with Crippen LogP contribution in [0.3, 0.4) is 0 Å². The van der Waals surface area contributed by atoms with Crippen LogP contribution in [0.4, 0.5) is 0 Å². The van der Waals surface area contributed by atoms with Crippen molar-refractivity contribution < 1.29 is 14.7 Å². The van der Waals surface area contributed by atoms with E-state index in [4.69, 9.17) is 0 Å². The second-order valence-electron chi connectivity index (χ2n) is 8.87. The lowest BCUT2D eigenvalue weighted by atomic mass is 9.80. The van der Waals surface area contributed by atoms with Crippen molar-refractivity contribution in [2.45, 2.75) is 59.2 Å². The van der Waals surface area contributed by atoms with Crippen LogP contribution in [0.25, 0.3) is 10.8 Å². The van der Waals surface area contributed by atoms with E-state index in [2.05, 4.69) is 9.97 Å². The minimum atomic E-state index is -1.26. The molecule has 2 aromatic carbocycles. The number of aromatic amines is 1. The van der Waals surface area contributed by atoms with Gasteiger partial charge in [0.2, 0.25) is 0 Å². The van der Waals surface area contributed by atoms with Gasteiger partial charge in [0.1, 0.15) is 5.60 Å². The Bertz CT molecular complexity index is 1080. The summed E-state index contributed by atoms with van der Waals surface area (Å²) >= 11 is 0. The number of aromatic nitrogens is 2. The first-order valence-corrected chi connectivity index (χ1v) is 10.7. The van der Waals surface area contributed by atoms with E-state index in [1.807, 2.05) is 65.8 Å². The van der Waals surface area contributed by atoms with E-state index in [1.165, 1.54) is 0 Å². The summed E-state index contributed by atoms with van der Waals surface area (Å²) in [5, 5.41) is 13.0. The van der Waals surface area contributed by atoms with E-state index >= 15 is 0 Å². The van der Waals surface area contributed by atoms with Gasteiger partial charge in [-0.3, -0.25) is 9.59 Å². The van der Waals surface area contributed by atoms with Crippen LogP contribution in [0.15, 0.2) is 42.9 Å². The van der Waals surface area contributed by atoms with Gasteiger partial charge < -0.3 is 15.0 Å². The van der Waals surface area contributed by atoms with E-state index in [0.717, 1.165) is 11.7 Å². The zero-order chi connectivity index (χ0) is 22.9. The fourth-order valence-electron chi connectivity index (χ4n) is 4.37. The first kappa shape index (κ1) is 22.7. The van der Waals surface area contributed by atoms with Gasteiger partial charge in [0.05, 0.1) is 23.8 Å². The molecule has 1 atom stereocenters. The van der Waals surface area contributed by atoms with Crippen molar-refractivity contribution in [2.75, 3.05) is 0 Å². The summed E-state index contributed by atoms with van der Waals surface area (Å²) in [6, 6.07) is 9.07. The first-order chi connectivity index (χ1) is 14.6. The predicted octanol–water partition coefficient (Wildman–Crippen LogP) is 4.53. The average molecular weight is 422 g/mol. The fourth-order valence-corrected chi connectivity index (χ4v) is 4.37. The summed E-state index contributed by atoms with van der Waals surface area (Å²) in [5.41, 5.74) is 0.808. The number of H-pyrrole nitrogens is 1. The smallest absolute Gasteiger partial charge is 0.255 e. The average Bonchev–Trinajstić information content (AvgIpc) is 3.26. The van der Waals surface area contributed by atoms with Crippen LogP contribution in [-0.2, 0) is 5.60 Å². The van der Waals surface area contributed by atoms with Crippen molar-refractivity contribution >= 4 is 23.0 Å². The molecule has 0 fully saturated rings. The maximum absolute atomic E-state index is 13.2. The number of nitrogens with zero attached hydrogens (tertiary/aromatic N) is 2. The third-order valence-electron chi connectivity index (χ3n) is 5.94. The van der Waals surface area contributed by atoms with Crippen molar-refractivity contribution in [3.8, 4) is 0 Å². The van der Waals surface area contributed by atoms with Crippen molar-refractivity contribution in [2.24, 2.45) is 5.92 Å². The molecular weight excluding hydrogens is 390 g/mol. The monoisotopic (exact) mass is 421 g/mol. The van der Waals surface area contributed by atoms with Crippen LogP contribution in [0.5, 0.6) is 0 Å². The lowest BCUT2D eigenvalue weighted by Crippen LogP contribution is -2.42. The largest absolute Gasteiger partial charge is 0.379 e. The molecule has 0 aliphatic heterocycles. The molecule has 0 spiro atoms. The molecule has 0 aliphatic carbocycles. The molecule has 164 valence electrons. The summed E-state index contributed by atoms with van der Waals surface area (Å²) in [6.45, 7) is 11.7. The Labute approximate surface area is 183 Å². The number of amides is 1. The maximum Gasteiger partial charge on any atom is 0.255 e. The lowest BCUT2D eigenvalue weighted by Gasteiger charge is -2.32. The zero-order valence-corrected chi connectivity index (χ0v) is 19.0. The molecule has 6 heteroatoms. The number of aldehydes is 1. The Morgan fingerprint density at radius 2 is 1.77 bits per heavy atom. The second-order valence-corrected chi connectivity index (χ2v) is 8.87. The molecule has 31 heavy (non-hydrogen) atoms. The quantitative estimate of drug-likeness (QED) is 0.549. The van der Waals surface area contributed by atoms with Crippen LogP contribution in [-0.4, -0.2) is 44.3 Å². The summed E-state index contributed by atoms with van der Waals surface area (Å²) in [6.07, 6.45) is 3.91. The van der Waals surface area contributed by atoms with Gasteiger partial charge in [0.25, 0.3) is 5.91 Å². The first-order valence-electron chi connectivity index (χ1n) is 10.7. The van der Waals surface area contributed by atoms with E-state index in [9.17, 15) is 14.7 Å². The summed E-state index contributed by atoms with van der Waals surface area (Å²) < 4.78 is 0. The zero-order valence-electron chi connectivity index (χ0n) is 19.0. The number of benzene rings is 2. The molecule has 3 rings (SSSR count). The van der Waals surface area contributed by atoms with Crippen LogP contribution >= 0.6 is 0 Å². The molecule has 1 unspecified atom stereocenters. The Morgan fingerprint density at radius 3 is 2.29 bits per heavy atom. The Hall–Kier alpha value is -2.99. The van der Waals surface area contributed by atoms with Crippen LogP contribution < -0.4 is 0 Å².